The topological polar surface area (TPSA) is 79.4 Å². The van der Waals surface area contributed by atoms with E-state index in [-0.39, 0.29) is 12.5 Å². The molecule has 19 heavy (non-hydrogen) atoms. The Balaban J connectivity index is 2.06. The molecule has 1 saturated heterocycles. The van der Waals surface area contributed by atoms with Gasteiger partial charge in [-0.3, -0.25) is 4.79 Å². The number of nitriles is 1. The van der Waals surface area contributed by atoms with Crippen LogP contribution in [0.15, 0.2) is 24.3 Å². The fourth-order valence-electron chi connectivity index (χ4n) is 2.21. The monoisotopic (exact) mass is 259 g/mol. The van der Waals surface area contributed by atoms with Gasteiger partial charge in [0.15, 0.2) is 0 Å². The van der Waals surface area contributed by atoms with Crippen molar-refractivity contribution in [3.05, 3.63) is 35.4 Å². The van der Waals surface area contributed by atoms with E-state index in [1.807, 2.05) is 12.1 Å². The van der Waals surface area contributed by atoms with E-state index in [0.29, 0.717) is 25.1 Å². The first-order chi connectivity index (χ1) is 9.05. The third-order valence-corrected chi connectivity index (χ3v) is 3.30. The third kappa shape index (κ3) is 2.92. The van der Waals surface area contributed by atoms with Gasteiger partial charge in [0.2, 0.25) is 5.91 Å². The van der Waals surface area contributed by atoms with Crippen LogP contribution >= 0.6 is 0 Å². The summed E-state index contributed by atoms with van der Waals surface area (Å²) >= 11 is 0. The van der Waals surface area contributed by atoms with E-state index in [9.17, 15) is 4.79 Å². The molecular formula is C14H17N3O2. The van der Waals surface area contributed by atoms with Gasteiger partial charge in [-0.15, -0.1) is 0 Å². The van der Waals surface area contributed by atoms with Gasteiger partial charge in [-0.2, -0.15) is 5.26 Å². The van der Waals surface area contributed by atoms with Gasteiger partial charge < -0.3 is 15.4 Å². The molecule has 5 heteroatoms. The fraction of sp³-hybridized carbons (Fsp3) is 0.429. The summed E-state index contributed by atoms with van der Waals surface area (Å²) in [6.45, 7) is 1.24. The first-order valence-electron chi connectivity index (χ1n) is 6.16. The highest BCUT2D eigenvalue weighted by Crippen LogP contribution is 2.19. The molecule has 0 aliphatic carbocycles. The molecule has 1 aromatic carbocycles. The molecule has 1 unspecified atom stereocenters. The van der Waals surface area contributed by atoms with Crippen LogP contribution < -0.4 is 5.73 Å². The second-order valence-corrected chi connectivity index (χ2v) is 4.93. The molecule has 0 radical (unpaired) electrons. The third-order valence-electron chi connectivity index (χ3n) is 3.30. The summed E-state index contributed by atoms with van der Waals surface area (Å²) in [6, 6.07) is 9.29. The van der Waals surface area contributed by atoms with E-state index < -0.39 is 5.54 Å². The second-order valence-electron chi connectivity index (χ2n) is 4.93. The Morgan fingerprint density at radius 1 is 1.63 bits per heavy atom. The van der Waals surface area contributed by atoms with Crippen molar-refractivity contribution in [3.63, 3.8) is 0 Å². The van der Waals surface area contributed by atoms with Crippen LogP contribution in [0.4, 0.5) is 0 Å². The van der Waals surface area contributed by atoms with Crippen LogP contribution in [-0.2, 0) is 16.1 Å². The van der Waals surface area contributed by atoms with Gasteiger partial charge in [-0.05, 0) is 24.1 Å². The van der Waals surface area contributed by atoms with E-state index in [1.54, 1.807) is 24.1 Å². The van der Waals surface area contributed by atoms with Gasteiger partial charge in [0.05, 0.1) is 18.2 Å². The molecule has 0 saturated carbocycles. The quantitative estimate of drug-likeness (QED) is 0.863. The molecule has 1 atom stereocenters. The summed E-state index contributed by atoms with van der Waals surface area (Å²) in [5, 5.41) is 8.85. The number of nitrogens with zero attached hydrogens (tertiary/aromatic N) is 2. The van der Waals surface area contributed by atoms with Crippen LogP contribution in [0.1, 0.15) is 17.5 Å². The minimum absolute atomic E-state index is 0.118. The Labute approximate surface area is 112 Å². The highest BCUT2D eigenvalue weighted by Gasteiger charge is 2.40. The SMILES string of the molecule is CN(Cc1cccc(C#N)c1)C(=O)C1(N)CCOC1. The predicted octanol–water partition coefficient (Wildman–Crippen LogP) is 0.634. The zero-order valence-corrected chi connectivity index (χ0v) is 10.9. The number of amides is 1. The predicted molar refractivity (Wildman–Crippen MR) is 70.0 cm³/mol. The maximum atomic E-state index is 12.3. The first kappa shape index (κ1) is 13.5. The molecule has 100 valence electrons. The molecule has 1 aliphatic rings. The zero-order valence-electron chi connectivity index (χ0n) is 10.9. The number of carbonyl (C=O) groups is 1. The Bertz CT molecular complexity index is 516. The standard InChI is InChI=1S/C14H17N3O2/c1-17(13(18)14(16)5-6-19-10-14)9-12-4-2-3-11(7-12)8-15/h2-4,7H,5-6,9-10,16H2,1H3. The number of likely N-dealkylation sites (N-methyl/N-ethyl adjacent to an activating group) is 1. The van der Waals surface area contributed by atoms with Crippen LogP contribution in [0.25, 0.3) is 0 Å². The van der Waals surface area contributed by atoms with Crippen molar-refractivity contribution >= 4 is 5.91 Å². The molecule has 2 rings (SSSR count). The van der Waals surface area contributed by atoms with Crippen molar-refractivity contribution in [1.82, 2.24) is 4.90 Å². The van der Waals surface area contributed by atoms with Crippen LogP contribution in [0.3, 0.4) is 0 Å². The van der Waals surface area contributed by atoms with Crippen molar-refractivity contribution in [1.29, 1.82) is 5.26 Å². The van der Waals surface area contributed by atoms with E-state index in [4.69, 9.17) is 15.7 Å². The number of benzene rings is 1. The second kappa shape index (κ2) is 5.39. The van der Waals surface area contributed by atoms with Crippen molar-refractivity contribution in [2.24, 2.45) is 5.73 Å². The highest BCUT2D eigenvalue weighted by atomic mass is 16.5. The van der Waals surface area contributed by atoms with Gasteiger partial charge in [0, 0.05) is 20.2 Å². The molecule has 1 aromatic rings. The maximum Gasteiger partial charge on any atom is 0.245 e. The lowest BCUT2D eigenvalue weighted by Crippen LogP contribution is -2.54. The number of rotatable bonds is 3. The minimum atomic E-state index is -0.901. The van der Waals surface area contributed by atoms with Crippen molar-refractivity contribution in [2.45, 2.75) is 18.5 Å². The lowest BCUT2D eigenvalue weighted by molar-refractivity contribution is -0.136. The largest absolute Gasteiger partial charge is 0.379 e. The molecule has 5 nitrogen and oxygen atoms in total. The van der Waals surface area contributed by atoms with Gasteiger partial charge in [-0.25, -0.2) is 0 Å². The number of ether oxygens (including phenoxy) is 1. The van der Waals surface area contributed by atoms with Gasteiger partial charge >= 0.3 is 0 Å². The fourth-order valence-corrected chi connectivity index (χ4v) is 2.21. The lowest BCUT2D eigenvalue weighted by atomic mass is 9.98. The van der Waals surface area contributed by atoms with Gasteiger partial charge in [0.1, 0.15) is 5.54 Å². The summed E-state index contributed by atoms with van der Waals surface area (Å²) in [7, 11) is 1.72. The molecule has 0 bridgehead atoms. The molecule has 1 amide bonds. The number of carbonyl (C=O) groups excluding carboxylic acids is 1. The van der Waals surface area contributed by atoms with E-state index in [1.165, 1.54) is 0 Å². The average molecular weight is 259 g/mol. The smallest absolute Gasteiger partial charge is 0.245 e. The minimum Gasteiger partial charge on any atom is -0.379 e. The van der Waals surface area contributed by atoms with Crippen LogP contribution in [0.2, 0.25) is 0 Å². The summed E-state index contributed by atoms with van der Waals surface area (Å²) in [5.41, 5.74) is 6.65. The molecular weight excluding hydrogens is 242 g/mol. The van der Waals surface area contributed by atoms with Crippen molar-refractivity contribution in [2.75, 3.05) is 20.3 Å². The Morgan fingerprint density at radius 3 is 3.05 bits per heavy atom. The Kier molecular flexibility index (Phi) is 3.84. The van der Waals surface area contributed by atoms with Crippen LogP contribution in [0.5, 0.6) is 0 Å². The Hall–Kier alpha value is -1.90. The molecule has 1 aliphatic heterocycles. The first-order valence-corrected chi connectivity index (χ1v) is 6.16. The molecule has 1 fully saturated rings. The molecule has 0 aromatic heterocycles. The van der Waals surface area contributed by atoms with Crippen LogP contribution in [-0.4, -0.2) is 36.6 Å². The van der Waals surface area contributed by atoms with E-state index in [0.717, 1.165) is 5.56 Å². The van der Waals surface area contributed by atoms with E-state index >= 15 is 0 Å². The highest BCUT2D eigenvalue weighted by molar-refractivity contribution is 5.86. The lowest BCUT2D eigenvalue weighted by Gasteiger charge is -2.27. The summed E-state index contributed by atoms with van der Waals surface area (Å²) in [6.07, 6.45) is 0.550. The van der Waals surface area contributed by atoms with Gasteiger partial charge in [-0.1, -0.05) is 12.1 Å². The average Bonchev–Trinajstić information content (AvgIpc) is 2.86. The summed E-state index contributed by atoms with van der Waals surface area (Å²) < 4.78 is 5.20. The Morgan fingerprint density at radius 2 is 2.42 bits per heavy atom. The number of hydrogen-bond acceptors (Lipinski definition) is 4. The molecule has 2 N–H and O–H groups in total. The van der Waals surface area contributed by atoms with Crippen molar-refractivity contribution < 1.29 is 9.53 Å². The van der Waals surface area contributed by atoms with Crippen molar-refractivity contribution in [3.8, 4) is 6.07 Å². The van der Waals surface area contributed by atoms with E-state index in [2.05, 4.69) is 6.07 Å². The molecule has 0 spiro atoms. The zero-order chi connectivity index (χ0) is 13.9. The normalized spacial score (nSPS) is 21.9. The summed E-state index contributed by atoms with van der Waals surface area (Å²) in [4.78, 5) is 13.9. The van der Waals surface area contributed by atoms with Gasteiger partial charge in [0.25, 0.3) is 0 Å². The number of hydrogen-bond donors (Lipinski definition) is 1. The maximum absolute atomic E-state index is 12.3. The van der Waals surface area contributed by atoms with Crippen LogP contribution in [0, 0.1) is 11.3 Å². The molecule has 1 heterocycles. The number of nitrogens with two attached hydrogens (primary N) is 1. The summed E-state index contributed by atoms with van der Waals surface area (Å²) in [5.74, 6) is -0.118.